The van der Waals surface area contributed by atoms with E-state index in [4.69, 9.17) is 0 Å². The van der Waals surface area contributed by atoms with Gasteiger partial charge in [-0.05, 0) is 38.4 Å². The first-order valence-electron chi connectivity index (χ1n) is 6.79. The molecule has 0 unspecified atom stereocenters. The number of hydrogen-bond acceptors (Lipinski definition) is 4. The number of benzene rings is 1. The van der Waals surface area contributed by atoms with Crippen molar-refractivity contribution in [3.05, 3.63) is 34.7 Å². The van der Waals surface area contributed by atoms with Crippen LogP contribution in [0.3, 0.4) is 0 Å². The lowest BCUT2D eigenvalue weighted by atomic mass is 10.1. The first kappa shape index (κ1) is 13.3. The van der Waals surface area contributed by atoms with Crippen molar-refractivity contribution in [2.24, 2.45) is 0 Å². The Bertz CT molecular complexity index is 617. The number of nitrogens with zero attached hydrogens (tertiary/aromatic N) is 1. The maximum Gasteiger partial charge on any atom is 0.241 e. The summed E-state index contributed by atoms with van der Waals surface area (Å²) in [6, 6.07) is 7.79. The fraction of sp³-hybridized carbons (Fsp3) is 0.333. The zero-order valence-corrected chi connectivity index (χ0v) is 12.2. The zero-order valence-electron chi connectivity index (χ0n) is 11.3. The SMILES string of the molecule is Cc1nc(-c2cccc(NC(=O)[C@@H]3CCCN3)c2)cs1. The van der Waals surface area contributed by atoms with Crippen LogP contribution in [-0.2, 0) is 4.79 Å². The smallest absolute Gasteiger partial charge is 0.241 e. The van der Waals surface area contributed by atoms with Gasteiger partial charge in [0.1, 0.15) is 0 Å². The van der Waals surface area contributed by atoms with Crippen LogP contribution in [0.1, 0.15) is 17.8 Å². The van der Waals surface area contributed by atoms with Crippen molar-refractivity contribution in [3.8, 4) is 11.3 Å². The van der Waals surface area contributed by atoms with Crippen LogP contribution in [0.2, 0.25) is 0 Å². The van der Waals surface area contributed by atoms with E-state index in [2.05, 4.69) is 15.6 Å². The molecule has 1 aliphatic heterocycles. The minimum absolute atomic E-state index is 0.0501. The van der Waals surface area contributed by atoms with Crippen LogP contribution in [0.4, 0.5) is 5.69 Å². The molecule has 5 heteroatoms. The quantitative estimate of drug-likeness (QED) is 0.912. The van der Waals surface area contributed by atoms with Crippen LogP contribution in [0.25, 0.3) is 11.3 Å². The van der Waals surface area contributed by atoms with Gasteiger partial charge in [0.2, 0.25) is 5.91 Å². The molecule has 2 N–H and O–H groups in total. The third kappa shape index (κ3) is 2.89. The second-order valence-electron chi connectivity index (χ2n) is 4.97. The molecule has 0 saturated carbocycles. The molecule has 20 heavy (non-hydrogen) atoms. The lowest BCUT2D eigenvalue weighted by Gasteiger charge is -2.11. The maximum absolute atomic E-state index is 12.1. The summed E-state index contributed by atoms with van der Waals surface area (Å²) in [6.07, 6.45) is 1.98. The number of hydrogen-bond donors (Lipinski definition) is 2. The lowest BCUT2D eigenvalue weighted by molar-refractivity contribution is -0.117. The first-order chi connectivity index (χ1) is 9.72. The predicted molar refractivity (Wildman–Crippen MR) is 81.9 cm³/mol. The van der Waals surface area contributed by atoms with Crippen molar-refractivity contribution in [3.63, 3.8) is 0 Å². The third-order valence-corrected chi connectivity index (χ3v) is 4.20. The van der Waals surface area contributed by atoms with Crippen molar-refractivity contribution in [1.82, 2.24) is 10.3 Å². The topological polar surface area (TPSA) is 54.0 Å². The molecule has 1 atom stereocenters. The highest BCUT2D eigenvalue weighted by Crippen LogP contribution is 2.24. The van der Waals surface area contributed by atoms with Gasteiger partial charge in [0.25, 0.3) is 0 Å². The molecular formula is C15H17N3OS. The predicted octanol–water partition coefficient (Wildman–Crippen LogP) is 2.81. The molecule has 1 aromatic heterocycles. The molecule has 0 spiro atoms. The van der Waals surface area contributed by atoms with Crippen LogP contribution < -0.4 is 10.6 Å². The van der Waals surface area contributed by atoms with Crippen LogP contribution in [0.5, 0.6) is 0 Å². The van der Waals surface area contributed by atoms with Gasteiger partial charge in [-0.3, -0.25) is 4.79 Å². The van der Waals surface area contributed by atoms with E-state index < -0.39 is 0 Å². The van der Waals surface area contributed by atoms with Gasteiger partial charge in [-0.15, -0.1) is 11.3 Å². The Kier molecular flexibility index (Phi) is 3.80. The molecule has 1 aromatic carbocycles. The number of anilines is 1. The van der Waals surface area contributed by atoms with Gasteiger partial charge in [0.15, 0.2) is 0 Å². The molecule has 2 aromatic rings. The van der Waals surface area contributed by atoms with E-state index >= 15 is 0 Å². The van der Waals surface area contributed by atoms with E-state index in [0.29, 0.717) is 0 Å². The molecule has 4 nitrogen and oxygen atoms in total. The molecule has 0 bridgehead atoms. The number of carbonyl (C=O) groups is 1. The molecule has 0 aliphatic carbocycles. The van der Waals surface area contributed by atoms with Crippen LogP contribution in [-0.4, -0.2) is 23.5 Å². The minimum Gasteiger partial charge on any atom is -0.325 e. The Labute approximate surface area is 122 Å². The highest BCUT2D eigenvalue weighted by molar-refractivity contribution is 7.09. The van der Waals surface area contributed by atoms with Crippen LogP contribution >= 0.6 is 11.3 Å². The summed E-state index contributed by atoms with van der Waals surface area (Å²) < 4.78 is 0. The molecule has 1 fully saturated rings. The largest absolute Gasteiger partial charge is 0.325 e. The molecule has 0 radical (unpaired) electrons. The molecule has 1 saturated heterocycles. The number of nitrogens with one attached hydrogen (secondary N) is 2. The van der Waals surface area contributed by atoms with Gasteiger partial charge >= 0.3 is 0 Å². The number of rotatable bonds is 3. The number of aromatic nitrogens is 1. The second kappa shape index (κ2) is 5.73. The number of thiazole rings is 1. The summed E-state index contributed by atoms with van der Waals surface area (Å²) >= 11 is 1.63. The Morgan fingerprint density at radius 3 is 3.10 bits per heavy atom. The summed E-state index contributed by atoms with van der Waals surface area (Å²) in [7, 11) is 0. The number of carbonyl (C=O) groups excluding carboxylic acids is 1. The van der Waals surface area contributed by atoms with Gasteiger partial charge in [0, 0.05) is 16.6 Å². The summed E-state index contributed by atoms with van der Waals surface area (Å²) in [5.74, 6) is 0.0501. The van der Waals surface area contributed by atoms with Crippen LogP contribution in [0, 0.1) is 6.92 Å². The molecular weight excluding hydrogens is 270 g/mol. The highest BCUT2D eigenvalue weighted by Gasteiger charge is 2.21. The molecule has 3 rings (SSSR count). The lowest BCUT2D eigenvalue weighted by Crippen LogP contribution is -2.35. The fourth-order valence-electron chi connectivity index (χ4n) is 2.39. The van der Waals surface area contributed by atoms with E-state index in [9.17, 15) is 4.79 Å². The van der Waals surface area contributed by atoms with Crippen molar-refractivity contribution in [2.45, 2.75) is 25.8 Å². The summed E-state index contributed by atoms with van der Waals surface area (Å²) in [6.45, 7) is 2.92. The molecule has 1 amide bonds. The van der Waals surface area contributed by atoms with E-state index in [1.807, 2.05) is 36.6 Å². The van der Waals surface area contributed by atoms with Gasteiger partial charge < -0.3 is 10.6 Å². The fourth-order valence-corrected chi connectivity index (χ4v) is 3.01. The van der Waals surface area contributed by atoms with Gasteiger partial charge in [0.05, 0.1) is 16.7 Å². The summed E-state index contributed by atoms with van der Waals surface area (Å²) in [5.41, 5.74) is 2.82. The molecule has 104 valence electrons. The summed E-state index contributed by atoms with van der Waals surface area (Å²) in [5, 5.41) is 9.26. The molecule has 1 aliphatic rings. The number of aryl methyl sites for hydroxylation is 1. The van der Waals surface area contributed by atoms with Gasteiger partial charge in [-0.25, -0.2) is 4.98 Å². The van der Waals surface area contributed by atoms with Crippen molar-refractivity contribution >= 4 is 22.9 Å². The Morgan fingerprint density at radius 2 is 2.40 bits per heavy atom. The normalized spacial score (nSPS) is 18.1. The van der Waals surface area contributed by atoms with E-state index in [0.717, 1.165) is 41.3 Å². The Balaban J connectivity index is 1.75. The van der Waals surface area contributed by atoms with E-state index in [1.165, 1.54) is 0 Å². The first-order valence-corrected chi connectivity index (χ1v) is 7.67. The van der Waals surface area contributed by atoms with Crippen molar-refractivity contribution in [1.29, 1.82) is 0 Å². The summed E-state index contributed by atoms with van der Waals surface area (Å²) in [4.78, 5) is 16.6. The zero-order chi connectivity index (χ0) is 13.9. The van der Waals surface area contributed by atoms with Gasteiger partial charge in [-0.1, -0.05) is 12.1 Å². The third-order valence-electron chi connectivity index (χ3n) is 3.42. The highest BCUT2D eigenvalue weighted by atomic mass is 32.1. The standard InChI is InChI=1S/C15H17N3OS/c1-10-17-14(9-20-10)11-4-2-5-12(8-11)18-15(19)13-6-3-7-16-13/h2,4-5,8-9,13,16H,3,6-7H2,1H3,(H,18,19)/t13-/m0/s1. The van der Waals surface area contributed by atoms with Gasteiger partial charge in [-0.2, -0.15) is 0 Å². The maximum atomic E-state index is 12.1. The average Bonchev–Trinajstić information content (AvgIpc) is 3.10. The van der Waals surface area contributed by atoms with E-state index in [-0.39, 0.29) is 11.9 Å². The molecule has 2 heterocycles. The van der Waals surface area contributed by atoms with Crippen molar-refractivity contribution in [2.75, 3.05) is 11.9 Å². The minimum atomic E-state index is -0.0554. The second-order valence-corrected chi connectivity index (χ2v) is 6.03. The Morgan fingerprint density at radius 1 is 1.50 bits per heavy atom. The monoisotopic (exact) mass is 287 g/mol. The van der Waals surface area contributed by atoms with E-state index in [1.54, 1.807) is 11.3 Å². The van der Waals surface area contributed by atoms with Crippen molar-refractivity contribution < 1.29 is 4.79 Å². The van der Waals surface area contributed by atoms with Crippen LogP contribution in [0.15, 0.2) is 29.6 Å². The average molecular weight is 287 g/mol. The number of amides is 1. The Hall–Kier alpha value is -1.72.